The summed E-state index contributed by atoms with van der Waals surface area (Å²) >= 11 is 1.26. The van der Waals surface area contributed by atoms with Crippen molar-refractivity contribution >= 4 is 17.7 Å². The first kappa shape index (κ1) is 17.6. The minimum atomic E-state index is -0.136. The van der Waals surface area contributed by atoms with Gasteiger partial charge in [-0.3, -0.25) is 4.79 Å². The first-order valence-corrected chi connectivity index (χ1v) is 8.02. The number of methoxy groups -OCH3 is 1. The van der Waals surface area contributed by atoms with Crippen LogP contribution in [-0.2, 0) is 11.8 Å². The minimum Gasteiger partial charge on any atom is -0.493 e. The van der Waals surface area contributed by atoms with Gasteiger partial charge in [-0.25, -0.2) is 4.68 Å². The third-order valence-corrected chi connectivity index (χ3v) is 3.79. The van der Waals surface area contributed by atoms with Crippen LogP contribution in [0.3, 0.4) is 0 Å². The highest BCUT2D eigenvalue weighted by Crippen LogP contribution is 2.25. The van der Waals surface area contributed by atoms with Crippen molar-refractivity contribution in [2.45, 2.75) is 5.16 Å². The first-order valence-electron chi connectivity index (χ1n) is 7.04. The molecule has 2 aromatic rings. The molecule has 0 unspecified atom stereocenters. The van der Waals surface area contributed by atoms with E-state index in [0.717, 1.165) is 0 Å². The van der Waals surface area contributed by atoms with Gasteiger partial charge in [-0.05, 0) is 22.6 Å². The van der Waals surface area contributed by atoms with Gasteiger partial charge < -0.3 is 14.8 Å². The molecule has 1 aromatic carbocycles. The van der Waals surface area contributed by atoms with Crippen LogP contribution in [0.1, 0.15) is 0 Å². The van der Waals surface area contributed by atoms with Crippen molar-refractivity contribution in [1.82, 2.24) is 25.5 Å². The Morgan fingerprint density at radius 1 is 1.33 bits per heavy atom. The van der Waals surface area contributed by atoms with Crippen LogP contribution in [-0.4, -0.2) is 52.1 Å². The van der Waals surface area contributed by atoms with E-state index in [2.05, 4.69) is 32.7 Å². The second-order valence-electron chi connectivity index (χ2n) is 4.44. The molecule has 1 aromatic heterocycles. The van der Waals surface area contributed by atoms with E-state index in [-0.39, 0.29) is 24.8 Å². The fourth-order valence-electron chi connectivity index (χ4n) is 1.63. The molecular weight excluding hydrogens is 330 g/mol. The number of carbonyl (C=O) groups is 1. The predicted molar refractivity (Wildman–Crippen MR) is 88.8 cm³/mol. The number of benzene rings is 1. The lowest BCUT2D eigenvalue weighted by Gasteiger charge is -2.07. The van der Waals surface area contributed by atoms with Gasteiger partial charge in [0.2, 0.25) is 11.1 Å². The highest BCUT2D eigenvalue weighted by molar-refractivity contribution is 7.99. The van der Waals surface area contributed by atoms with E-state index < -0.39 is 0 Å². The number of hydrogen-bond donors (Lipinski definition) is 1. The van der Waals surface area contributed by atoms with Gasteiger partial charge in [0.15, 0.2) is 11.5 Å². The molecule has 0 saturated heterocycles. The average molecular weight is 347 g/mol. The lowest BCUT2D eigenvalue weighted by molar-refractivity contribution is -0.118. The molecule has 0 spiro atoms. The second kappa shape index (κ2) is 9.42. The zero-order valence-electron chi connectivity index (χ0n) is 13.4. The number of aryl methyl sites for hydroxylation is 1. The molecule has 0 aliphatic heterocycles. The molecule has 0 atom stereocenters. The summed E-state index contributed by atoms with van der Waals surface area (Å²) in [6.45, 7) is 0.474. The van der Waals surface area contributed by atoms with Gasteiger partial charge >= 0.3 is 0 Å². The van der Waals surface area contributed by atoms with E-state index in [1.165, 1.54) is 16.4 Å². The third-order valence-electron chi connectivity index (χ3n) is 2.78. The Labute approximate surface area is 143 Å². The van der Waals surface area contributed by atoms with E-state index in [4.69, 9.17) is 9.47 Å². The minimum absolute atomic E-state index is 0.136. The maximum Gasteiger partial charge on any atom is 0.231 e. The molecule has 0 radical (unpaired) electrons. The quantitative estimate of drug-likeness (QED) is 0.576. The summed E-state index contributed by atoms with van der Waals surface area (Å²) in [6.07, 6.45) is 0. The van der Waals surface area contributed by atoms with Gasteiger partial charge in [-0.1, -0.05) is 35.7 Å². The van der Waals surface area contributed by atoms with E-state index in [9.17, 15) is 4.79 Å². The molecule has 1 heterocycles. The van der Waals surface area contributed by atoms with Crippen molar-refractivity contribution in [2.24, 2.45) is 7.05 Å². The summed E-state index contributed by atoms with van der Waals surface area (Å²) in [4.78, 5) is 11.7. The molecule has 0 aliphatic rings. The van der Waals surface area contributed by atoms with Crippen molar-refractivity contribution in [3.63, 3.8) is 0 Å². The van der Waals surface area contributed by atoms with E-state index in [1.54, 1.807) is 20.2 Å². The molecule has 1 amide bonds. The summed E-state index contributed by atoms with van der Waals surface area (Å²) < 4.78 is 12.2. The molecule has 8 nitrogen and oxygen atoms in total. The van der Waals surface area contributed by atoms with Crippen molar-refractivity contribution in [3.8, 4) is 23.3 Å². The number of aromatic nitrogens is 4. The highest BCUT2D eigenvalue weighted by atomic mass is 32.2. The topological polar surface area (TPSA) is 91.2 Å². The number of amides is 1. The number of rotatable bonds is 7. The second-order valence-corrected chi connectivity index (χ2v) is 5.39. The maximum atomic E-state index is 11.7. The lowest BCUT2D eigenvalue weighted by atomic mass is 10.3. The average Bonchev–Trinajstić information content (AvgIpc) is 3.01. The monoisotopic (exact) mass is 347 g/mol. The van der Waals surface area contributed by atoms with Crippen LogP contribution in [0.2, 0.25) is 0 Å². The van der Waals surface area contributed by atoms with Gasteiger partial charge in [0, 0.05) is 7.05 Å². The zero-order valence-corrected chi connectivity index (χ0v) is 14.2. The number of carbonyl (C=O) groups excluding carboxylic acids is 1. The Balaban J connectivity index is 1.64. The van der Waals surface area contributed by atoms with Gasteiger partial charge in [0.25, 0.3) is 0 Å². The normalized spacial score (nSPS) is 9.75. The number of hydrogen-bond acceptors (Lipinski definition) is 7. The predicted octanol–water partition coefficient (Wildman–Crippen LogP) is 0.509. The van der Waals surface area contributed by atoms with Crippen molar-refractivity contribution in [1.29, 1.82) is 0 Å². The SMILES string of the molecule is COc1ccccc1OCC#CCNC(=O)CSc1nnnn1C. The smallest absolute Gasteiger partial charge is 0.231 e. The number of tetrazole rings is 1. The number of thioether (sulfide) groups is 1. The van der Waals surface area contributed by atoms with Crippen LogP contribution >= 0.6 is 11.8 Å². The molecule has 126 valence electrons. The zero-order chi connectivity index (χ0) is 17.2. The van der Waals surface area contributed by atoms with Crippen LogP contribution in [0.4, 0.5) is 0 Å². The Morgan fingerprint density at radius 2 is 2.12 bits per heavy atom. The summed E-state index contributed by atoms with van der Waals surface area (Å²) in [5.74, 6) is 7.04. The Kier molecular flexibility index (Phi) is 6.91. The standard InChI is InChI=1S/C15H17N5O3S/c1-20-15(17-18-19-20)24-11-14(21)16-9-5-6-10-23-13-8-4-3-7-12(13)22-2/h3-4,7-8H,9-11H2,1-2H3,(H,16,21). The van der Waals surface area contributed by atoms with Gasteiger partial charge in [-0.15, -0.1) is 5.10 Å². The largest absolute Gasteiger partial charge is 0.493 e. The van der Waals surface area contributed by atoms with Gasteiger partial charge in [-0.2, -0.15) is 0 Å². The molecule has 24 heavy (non-hydrogen) atoms. The van der Waals surface area contributed by atoms with Gasteiger partial charge in [0.05, 0.1) is 19.4 Å². The van der Waals surface area contributed by atoms with Crippen LogP contribution in [0.25, 0.3) is 0 Å². The molecule has 2 rings (SSSR count). The van der Waals surface area contributed by atoms with Gasteiger partial charge in [0.1, 0.15) is 6.61 Å². The van der Waals surface area contributed by atoms with Crippen molar-refractivity contribution < 1.29 is 14.3 Å². The van der Waals surface area contributed by atoms with E-state index in [0.29, 0.717) is 16.7 Å². The molecule has 0 aliphatic carbocycles. The Bertz CT molecular complexity index is 738. The number of para-hydroxylation sites is 2. The van der Waals surface area contributed by atoms with Crippen molar-refractivity contribution in [2.75, 3.05) is 26.0 Å². The molecule has 0 saturated carbocycles. The number of nitrogens with zero attached hydrogens (tertiary/aromatic N) is 4. The molecule has 9 heteroatoms. The summed E-state index contributed by atoms with van der Waals surface area (Å²) in [6, 6.07) is 7.34. The highest BCUT2D eigenvalue weighted by Gasteiger charge is 2.06. The molecular formula is C15H17N5O3S. The van der Waals surface area contributed by atoms with E-state index in [1.807, 2.05) is 18.2 Å². The summed E-state index contributed by atoms with van der Waals surface area (Å²) in [7, 11) is 3.30. The summed E-state index contributed by atoms with van der Waals surface area (Å²) in [5.41, 5.74) is 0. The first-order chi connectivity index (χ1) is 11.7. The fraction of sp³-hybridized carbons (Fsp3) is 0.333. The van der Waals surface area contributed by atoms with Crippen LogP contribution in [0.5, 0.6) is 11.5 Å². The number of ether oxygens (including phenoxy) is 2. The third kappa shape index (κ3) is 5.48. The lowest BCUT2D eigenvalue weighted by Crippen LogP contribution is -2.25. The summed E-state index contributed by atoms with van der Waals surface area (Å²) in [5, 5.41) is 14.2. The fourth-order valence-corrected chi connectivity index (χ4v) is 2.31. The van der Waals surface area contributed by atoms with Crippen molar-refractivity contribution in [3.05, 3.63) is 24.3 Å². The van der Waals surface area contributed by atoms with Crippen LogP contribution in [0, 0.1) is 11.8 Å². The number of nitrogens with one attached hydrogen (secondary N) is 1. The van der Waals surface area contributed by atoms with E-state index >= 15 is 0 Å². The Hall–Kier alpha value is -2.73. The van der Waals surface area contributed by atoms with Crippen LogP contribution in [0.15, 0.2) is 29.4 Å². The molecule has 1 N–H and O–H groups in total. The Morgan fingerprint density at radius 3 is 2.83 bits per heavy atom. The molecule has 0 bridgehead atoms. The van der Waals surface area contributed by atoms with Crippen LogP contribution < -0.4 is 14.8 Å². The maximum absolute atomic E-state index is 11.7. The molecule has 0 fully saturated rings.